The van der Waals surface area contributed by atoms with E-state index in [0.717, 1.165) is 39.1 Å². The second-order valence-electron chi connectivity index (χ2n) is 4.68. The van der Waals surface area contributed by atoms with Gasteiger partial charge in [-0.05, 0) is 18.9 Å². The molecule has 0 saturated carbocycles. The van der Waals surface area contributed by atoms with Crippen LogP contribution in [0, 0.1) is 5.92 Å². The predicted molar refractivity (Wildman–Crippen MR) is 67.7 cm³/mol. The third kappa shape index (κ3) is 8.86. The van der Waals surface area contributed by atoms with Gasteiger partial charge in [-0.2, -0.15) is 0 Å². The van der Waals surface area contributed by atoms with Gasteiger partial charge in [-0.3, -0.25) is 4.79 Å². The highest BCUT2D eigenvalue weighted by Gasteiger charge is 2.07. The summed E-state index contributed by atoms with van der Waals surface area (Å²) >= 11 is 0. The summed E-state index contributed by atoms with van der Waals surface area (Å²) in [5.74, 6) is 1.04. The maximum absolute atomic E-state index is 11.2. The summed E-state index contributed by atoms with van der Waals surface area (Å²) in [7, 11) is 1.73. The van der Waals surface area contributed by atoms with Crippen LogP contribution in [0.25, 0.3) is 0 Å². The predicted octanol–water partition coefficient (Wildman–Crippen LogP) is 2.35. The van der Waals surface area contributed by atoms with E-state index in [4.69, 9.17) is 4.74 Å². The largest absolute Gasteiger partial charge is 0.383 e. The average molecular weight is 229 g/mol. The Hall–Kier alpha value is -0.410. The smallest absolute Gasteiger partial charge is 0.132 e. The first-order chi connectivity index (χ1) is 7.60. The van der Waals surface area contributed by atoms with Crippen LogP contribution in [0.3, 0.4) is 0 Å². The van der Waals surface area contributed by atoms with Gasteiger partial charge in [-0.1, -0.05) is 20.8 Å². The van der Waals surface area contributed by atoms with Gasteiger partial charge < -0.3 is 9.64 Å². The number of carbonyl (C=O) groups excluding carboxylic acids is 1. The Bertz CT molecular complexity index is 181. The van der Waals surface area contributed by atoms with Gasteiger partial charge in [-0.25, -0.2) is 0 Å². The Morgan fingerprint density at radius 2 is 2.00 bits per heavy atom. The SMILES string of the molecule is CCC(=O)CCCN(CCOC)CC(C)C. The molecule has 0 atom stereocenters. The summed E-state index contributed by atoms with van der Waals surface area (Å²) < 4.78 is 5.09. The number of ketones is 1. The number of ether oxygens (including phenoxy) is 1. The lowest BCUT2D eigenvalue weighted by Gasteiger charge is -2.23. The van der Waals surface area contributed by atoms with Crippen molar-refractivity contribution >= 4 is 5.78 Å². The lowest BCUT2D eigenvalue weighted by Crippen LogP contribution is -2.32. The van der Waals surface area contributed by atoms with Crippen molar-refractivity contribution in [1.82, 2.24) is 4.90 Å². The first-order valence-electron chi connectivity index (χ1n) is 6.33. The van der Waals surface area contributed by atoms with Crippen LogP contribution in [-0.4, -0.2) is 44.0 Å². The highest BCUT2D eigenvalue weighted by molar-refractivity contribution is 5.77. The van der Waals surface area contributed by atoms with E-state index >= 15 is 0 Å². The van der Waals surface area contributed by atoms with Gasteiger partial charge in [0.05, 0.1) is 6.61 Å². The summed E-state index contributed by atoms with van der Waals surface area (Å²) in [5, 5.41) is 0. The zero-order chi connectivity index (χ0) is 12.4. The minimum atomic E-state index is 0.372. The van der Waals surface area contributed by atoms with Crippen LogP contribution < -0.4 is 0 Å². The number of hydrogen-bond donors (Lipinski definition) is 0. The Labute approximate surface area is 100 Å². The minimum Gasteiger partial charge on any atom is -0.383 e. The van der Waals surface area contributed by atoms with Crippen molar-refractivity contribution < 1.29 is 9.53 Å². The molecule has 0 N–H and O–H groups in total. The molecule has 0 aliphatic carbocycles. The number of methoxy groups -OCH3 is 1. The number of hydrogen-bond acceptors (Lipinski definition) is 3. The average Bonchev–Trinajstić information content (AvgIpc) is 2.24. The van der Waals surface area contributed by atoms with Gasteiger partial charge in [0.25, 0.3) is 0 Å². The van der Waals surface area contributed by atoms with E-state index in [9.17, 15) is 4.79 Å². The molecule has 0 aromatic heterocycles. The van der Waals surface area contributed by atoms with Crippen LogP contribution in [0.1, 0.15) is 40.0 Å². The van der Waals surface area contributed by atoms with Crippen molar-refractivity contribution in [3.8, 4) is 0 Å². The zero-order valence-corrected chi connectivity index (χ0v) is 11.3. The van der Waals surface area contributed by atoms with Crippen LogP contribution in [0.2, 0.25) is 0 Å². The van der Waals surface area contributed by atoms with E-state index in [2.05, 4.69) is 18.7 Å². The van der Waals surface area contributed by atoms with Crippen LogP contribution in [0.4, 0.5) is 0 Å². The standard InChI is InChI=1S/C13H27NO2/c1-5-13(15)7-6-8-14(9-10-16-4)11-12(2)3/h12H,5-11H2,1-4H3. The van der Waals surface area contributed by atoms with E-state index < -0.39 is 0 Å². The van der Waals surface area contributed by atoms with Gasteiger partial charge >= 0.3 is 0 Å². The second kappa shape index (κ2) is 9.79. The van der Waals surface area contributed by atoms with Crippen molar-refractivity contribution in [2.24, 2.45) is 5.92 Å². The fraction of sp³-hybridized carbons (Fsp3) is 0.923. The maximum Gasteiger partial charge on any atom is 0.132 e. The molecule has 96 valence electrons. The van der Waals surface area contributed by atoms with Crippen LogP contribution >= 0.6 is 0 Å². The molecule has 0 saturated heterocycles. The van der Waals surface area contributed by atoms with E-state index in [-0.39, 0.29) is 0 Å². The van der Waals surface area contributed by atoms with Gasteiger partial charge in [0.15, 0.2) is 0 Å². The quantitative estimate of drug-likeness (QED) is 0.576. The van der Waals surface area contributed by atoms with Crippen molar-refractivity contribution in [1.29, 1.82) is 0 Å². The Balaban J connectivity index is 3.77. The first-order valence-corrected chi connectivity index (χ1v) is 6.33. The van der Waals surface area contributed by atoms with Crippen molar-refractivity contribution in [2.45, 2.75) is 40.0 Å². The molecular weight excluding hydrogens is 202 g/mol. The summed E-state index contributed by atoms with van der Waals surface area (Å²) in [6, 6.07) is 0. The molecule has 0 unspecified atom stereocenters. The third-order valence-electron chi connectivity index (χ3n) is 2.56. The molecular formula is C13H27NO2. The molecule has 0 aromatic rings. The highest BCUT2D eigenvalue weighted by Crippen LogP contribution is 2.02. The third-order valence-corrected chi connectivity index (χ3v) is 2.56. The molecule has 16 heavy (non-hydrogen) atoms. The topological polar surface area (TPSA) is 29.5 Å². The normalized spacial score (nSPS) is 11.4. The molecule has 0 aliphatic heterocycles. The molecule has 0 heterocycles. The minimum absolute atomic E-state index is 0.372. The Morgan fingerprint density at radius 3 is 2.50 bits per heavy atom. The van der Waals surface area contributed by atoms with Crippen LogP contribution in [-0.2, 0) is 9.53 Å². The lowest BCUT2D eigenvalue weighted by atomic mass is 10.1. The highest BCUT2D eigenvalue weighted by atomic mass is 16.5. The van der Waals surface area contributed by atoms with Gasteiger partial charge in [0.1, 0.15) is 5.78 Å². The van der Waals surface area contributed by atoms with Crippen LogP contribution in [0.15, 0.2) is 0 Å². The van der Waals surface area contributed by atoms with E-state index in [1.807, 2.05) is 6.92 Å². The molecule has 3 nitrogen and oxygen atoms in total. The molecule has 0 rings (SSSR count). The van der Waals surface area contributed by atoms with Crippen LogP contribution in [0.5, 0.6) is 0 Å². The number of nitrogens with zero attached hydrogens (tertiary/aromatic N) is 1. The number of Topliss-reactive ketones (excluding diaryl/α,β-unsaturated/α-hetero) is 1. The molecule has 0 aromatic carbocycles. The van der Waals surface area contributed by atoms with Crippen molar-refractivity contribution in [3.05, 3.63) is 0 Å². The fourth-order valence-electron chi connectivity index (χ4n) is 1.71. The summed E-state index contributed by atoms with van der Waals surface area (Å²) in [6.45, 7) is 10.2. The molecule has 0 bridgehead atoms. The van der Waals surface area contributed by atoms with E-state index in [1.165, 1.54) is 0 Å². The first kappa shape index (κ1) is 15.6. The van der Waals surface area contributed by atoms with Crippen molar-refractivity contribution in [2.75, 3.05) is 33.4 Å². The van der Waals surface area contributed by atoms with Gasteiger partial charge in [-0.15, -0.1) is 0 Å². The summed E-state index contributed by atoms with van der Waals surface area (Å²) in [4.78, 5) is 13.6. The number of rotatable bonds is 10. The number of carbonyl (C=O) groups is 1. The molecule has 0 fully saturated rings. The van der Waals surface area contributed by atoms with Crippen molar-refractivity contribution in [3.63, 3.8) is 0 Å². The van der Waals surface area contributed by atoms with Gasteiger partial charge in [0.2, 0.25) is 0 Å². The summed E-state index contributed by atoms with van der Waals surface area (Å²) in [6.07, 6.45) is 2.36. The molecule has 0 spiro atoms. The second-order valence-corrected chi connectivity index (χ2v) is 4.68. The monoisotopic (exact) mass is 229 g/mol. The molecule has 0 radical (unpaired) electrons. The fourth-order valence-corrected chi connectivity index (χ4v) is 1.71. The molecule has 0 aliphatic rings. The summed E-state index contributed by atoms with van der Waals surface area (Å²) in [5.41, 5.74) is 0. The maximum atomic E-state index is 11.2. The molecule has 0 amide bonds. The Morgan fingerprint density at radius 1 is 1.31 bits per heavy atom. The van der Waals surface area contributed by atoms with Gasteiger partial charge in [0, 0.05) is 33.0 Å². The van der Waals surface area contributed by atoms with E-state index in [0.29, 0.717) is 18.1 Å². The Kier molecular flexibility index (Phi) is 9.54. The lowest BCUT2D eigenvalue weighted by molar-refractivity contribution is -0.118. The molecule has 3 heteroatoms. The zero-order valence-electron chi connectivity index (χ0n) is 11.3. The van der Waals surface area contributed by atoms with E-state index in [1.54, 1.807) is 7.11 Å².